The summed E-state index contributed by atoms with van der Waals surface area (Å²) in [5.74, 6) is 0.838. The van der Waals surface area contributed by atoms with Crippen molar-refractivity contribution in [2.75, 3.05) is 0 Å². The average molecular weight is 168 g/mol. The molecule has 2 fully saturated rings. The number of aliphatic hydroxyl groups excluding tert-OH is 1. The molecule has 2 aliphatic carbocycles. The monoisotopic (exact) mass is 168 g/mol. The van der Waals surface area contributed by atoms with Gasteiger partial charge in [0, 0.05) is 12.3 Å². The number of ketones is 1. The molecular formula is C10H16O2. The summed E-state index contributed by atoms with van der Waals surface area (Å²) in [6.07, 6.45) is 5.68. The van der Waals surface area contributed by atoms with Crippen LogP contribution in [0.3, 0.4) is 0 Å². The molecule has 12 heavy (non-hydrogen) atoms. The molecule has 0 saturated heterocycles. The smallest absolute Gasteiger partial charge is 0.138 e. The molecule has 2 heteroatoms. The van der Waals surface area contributed by atoms with Gasteiger partial charge in [-0.05, 0) is 31.6 Å². The standard InChI is InChI=1S/C10H16O2/c11-8-4-2-1-3-7-5-6-9(12)10(7)8/h7,9-10,12H,1-6H2/t7-,9-,10+/m0/s1. The molecule has 0 bridgehead atoms. The zero-order chi connectivity index (χ0) is 8.55. The summed E-state index contributed by atoms with van der Waals surface area (Å²) >= 11 is 0. The molecule has 0 aromatic heterocycles. The van der Waals surface area contributed by atoms with E-state index in [1.807, 2.05) is 0 Å². The van der Waals surface area contributed by atoms with Crippen molar-refractivity contribution >= 4 is 5.78 Å². The molecule has 0 radical (unpaired) electrons. The van der Waals surface area contributed by atoms with Crippen LogP contribution in [0.1, 0.15) is 38.5 Å². The fraction of sp³-hybridized carbons (Fsp3) is 0.900. The largest absolute Gasteiger partial charge is 0.392 e. The minimum absolute atomic E-state index is 0.00694. The van der Waals surface area contributed by atoms with Gasteiger partial charge >= 0.3 is 0 Å². The van der Waals surface area contributed by atoms with Crippen LogP contribution in [0.5, 0.6) is 0 Å². The van der Waals surface area contributed by atoms with Crippen LogP contribution in [0.4, 0.5) is 0 Å². The number of carbonyl (C=O) groups excluding carboxylic acids is 1. The predicted octanol–water partition coefficient (Wildman–Crippen LogP) is 1.52. The lowest BCUT2D eigenvalue weighted by molar-refractivity contribution is -0.126. The highest BCUT2D eigenvalue weighted by atomic mass is 16.3. The van der Waals surface area contributed by atoms with E-state index in [4.69, 9.17) is 0 Å². The van der Waals surface area contributed by atoms with E-state index >= 15 is 0 Å². The molecule has 2 rings (SSSR count). The number of hydrogen-bond donors (Lipinski definition) is 1. The Hall–Kier alpha value is -0.370. The number of rotatable bonds is 0. The molecule has 0 heterocycles. The maximum absolute atomic E-state index is 11.5. The molecule has 2 nitrogen and oxygen atoms in total. The maximum atomic E-state index is 11.5. The minimum atomic E-state index is -0.319. The predicted molar refractivity (Wildman–Crippen MR) is 45.7 cm³/mol. The highest BCUT2D eigenvalue weighted by molar-refractivity contribution is 5.82. The van der Waals surface area contributed by atoms with Gasteiger partial charge in [0.1, 0.15) is 5.78 Å². The average Bonchev–Trinajstić information content (AvgIpc) is 2.29. The lowest BCUT2D eigenvalue weighted by Gasteiger charge is -2.16. The van der Waals surface area contributed by atoms with Gasteiger partial charge in [0.2, 0.25) is 0 Å². The first kappa shape index (κ1) is 8.24. The highest BCUT2D eigenvalue weighted by Crippen LogP contribution is 2.39. The van der Waals surface area contributed by atoms with Gasteiger partial charge in [0.05, 0.1) is 6.10 Å². The number of carbonyl (C=O) groups is 1. The molecule has 68 valence electrons. The molecule has 0 spiro atoms. The summed E-state index contributed by atoms with van der Waals surface area (Å²) in [5, 5.41) is 9.60. The van der Waals surface area contributed by atoms with E-state index in [9.17, 15) is 9.90 Å². The highest BCUT2D eigenvalue weighted by Gasteiger charge is 2.40. The second-order valence-electron chi connectivity index (χ2n) is 4.14. The van der Waals surface area contributed by atoms with Crippen molar-refractivity contribution in [2.24, 2.45) is 11.8 Å². The Morgan fingerprint density at radius 3 is 2.83 bits per heavy atom. The fourth-order valence-electron chi connectivity index (χ4n) is 2.73. The Labute approximate surface area is 73.0 Å². The Morgan fingerprint density at radius 1 is 1.17 bits per heavy atom. The Morgan fingerprint density at radius 2 is 2.00 bits per heavy atom. The number of Topliss-reactive ketones (excluding diaryl/α,β-unsaturated/α-hetero) is 1. The van der Waals surface area contributed by atoms with Crippen molar-refractivity contribution in [3.8, 4) is 0 Å². The van der Waals surface area contributed by atoms with Crippen LogP contribution in [0.25, 0.3) is 0 Å². The molecule has 0 amide bonds. The van der Waals surface area contributed by atoms with Crippen LogP contribution in [0.15, 0.2) is 0 Å². The zero-order valence-corrected chi connectivity index (χ0v) is 7.33. The molecular weight excluding hydrogens is 152 g/mol. The second-order valence-corrected chi connectivity index (χ2v) is 4.14. The van der Waals surface area contributed by atoms with Crippen molar-refractivity contribution in [2.45, 2.75) is 44.6 Å². The van der Waals surface area contributed by atoms with Crippen molar-refractivity contribution in [1.82, 2.24) is 0 Å². The first-order valence-electron chi connectivity index (χ1n) is 5.00. The molecule has 2 saturated carbocycles. The Balaban J connectivity index is 2.14. The normalized spacial score (nSPS) is 42.4. The van der Waals surface area contributed by atoms with Crippen LogP contribution in [-0.4, -0.2) is 17.0 Å². The van der Waals surface area contributed by atoms with Crippen LogP contribution < -0.4 is 0 Å². The van der Waals surface area contributed by atoms with E-state index in [0.29, 0.717) is 18.1 Å². The minimum Gasteiger partial charge on any atom is -0.392 e. The van der Waals surface area contributed by atoms with E-state index in [1.54, 1.807) is 0 Å². The van der Waals surface area contributed by atoms with Gasteiger partial charge in [-0.3, -0.25) is 4.79 Å². The third-order valence-corrected chi connectivity index (χ3v) is 3.38. The van der Waals surface area contributed by atoms with Gasteiger partial charge in [-0.1, -0.05) is 6.42 Å². The number of hydrogen-bond acceptors (Lipinski definition) is 2. The van der Waals surface area contributed by atoms with Gasteiger partial charge in [0.25, 0.3) is 0 Å². The maximum Gasteiger partial charge on any atom is 0.138 e. The lowest BCUT2D eigenvalue weighted by atomic mass is 9.89. The summed E-state index contributed by atoms with van der Waals surface area (Å²) in [5.41, 5.74) is 0. The van der Waals surface area contributed by atoms with Crippen LogP contribution in [0.2, 0.25) is 0 Å². The lowest BCUT2D eigenvalue weighted by Crippen LogP contribution is -2.26. The van der Waals surface area contributed by atoms with E-state index < -0.39 is 0 Å². The van der Waals surface area contributed by atoms with E-state index in [1.165, 1.54) is 6.42 Å². The first-order chi connectivity index (χ1) is 5.79. The van der Waals surface area contributed by atoms with Crippen LogP contribution in [-0.2, 0) is 4.79 Å². The van der Waals surface area contributed by atoms with Crippen molar-refractivity contribution in [3.05, 3.63) is 0 Å². The molecule has 0 aromatic rings. The summed E-state index contributed by atoms with van der Waals surface area (Å²) in [7, 11) is 0. The molecule has 0 aromatic carbocycles. The van der Waals surface area contributed by atoms with Gasteiger partial charge in [-0.25, -0.2) is 0 Å². The van der Waals surface area contributed by atoms with E-state index in [0.717, 1.165) is 25.7 Å². The van der Waals surface area contributed by atoms with Gasteiger partial charge < -0.3 is 5.11 Å². The molecule has 1 N–H and O–H groups in total. The quantitative estimate of drug-likeness (QED) is 0.595. The fourth-order valence-corrected chi connectivity index (χ4v) is 2.73. The molecule has 0 aliphatic heterocycles. The topological polar surface area (TPSA) is 37.3 Å². The van der Waals surface area contributed by atoms with Crippen molar-refractivity contribution < 1.29 is 9.90 Å². The second kappa shape index (κ2) is 3.17. The SMILES string of the molecule is O=C1CCCC[C@H]2CC[C@H](O)[C@@H]12. The number of fused-ring (bicyclic) bond motifs is 1. The Kier molecular flexibility index (Phi) is 2.18. The Bertz CT molecular complexity index is 188. The first-order valence-corrected chi connectivity index (χ1v) is 5.00. The van der Waals surface area contributed by atoms with Crippen molar-refractivity contribution in [1.29, 1.82) is 0 Å². The van der Waals surface area contributed by atoms with Gasteiger partial charge in [-0.15, -0.1) is 0 Å². The van der Waals surface area contributed by atoms with Crippen LogP contribution in [0, 0.1) is 11.8 Å². The van der Waals surface area contributed by atoms with Crippen LogP contribution >= 0.6 is 0 Å². The third-order valence-electron chi connectivity index (χ3n) is 3.38. The molecule has 2 aliphatic rings. The summed E-state index contributed by atoms with van der Waals surface area (Å²) in [6, 6.07) is 0. The summed E-state index contributed by atoms with van der Waals surface area (Å²) < 4.78 is 0. The zero-order valence-electron chi connectivity index (χ0n) is 7.33. The summed E-state index contributed by atoms with van der Waals surface area (Å²) in [6.45, 7) is 0. The molecule has 0 unspecified atom stereocenters. The van der Waals surface area contributed by atoms with E-state index in [2.05, 4.69) is 0 Å². The third kappa shape index (κ3) is 1.28. The summed E-state index contributed by atoms with van der Waals surface area (Å²) in [4.78, 5) is 11.5. The van der Waals surface area contributed by atoms with Gasteiger partial charge in [-0.2, -0.15) is 0 Å². The van der Waals surface area contributed by atoms with E-state index in [-0.39, 0.29) is 12.0 Å². The number of aliphatic hydroxyl groups is 1. The van der Waals surface area contributed by atoms with Crippen molar-refractivity contribution in [3.63, 3.8) is 0 Å². The van der Waals surface area contributed by atoms with Gasteiger partial charge in [0.15, 0.2) is 0 Å². The molecule has 3 atom stereocenters.